The first-order chi connectivity index (χ1) is 14.8. The monoisotopic (exact) mass is 476 g/mol. The van der Waals surface area contributed by atoms with Crippen LogP contribution in [-0.4, -0.2) is 104 Å². The SMILES string of the molecule is C=CCOC(O)C(O)CO.CCCCCCCCCCCCO.O=C(O)CCC(=O)O.[NaH]. The molecule has 10 heteroatoms. The van der Waals surface area contributed by atoms with Crippen LogP contribution in [0.15, 0.2) is 12.7 Å². The van der Waals surface area contributed by atoms with Crippen molar-refractivity contribution in [3.63, 3.8) is 0 Å². The van der Waals surface area contributed by atoms with Crippen molar-refractivity contribution in [1.29, 1.82) is 0 Å². The number of unbranched alkanes of at least 4 members (excludes halogenated alkanes) is 9. The fourth-order valence-electron chi connectivity index (χ4n) is 2.18. The second-order valence-electron chi connectivity index (χ2n) is 6.96. The topological polar surface area (TPSA) is 165 Å². The van der Waals surface area contributed by atoms with Gasteiger partial charge in [-0.25, -0.2) is 0 Å². The standard InChI is InChI=1S/C12H26O.C6H12O4.C4H6O4.Na.H/c1-2-3-4-5-6-7-8-9-10-11-12-13;1-2-3-10-6(9)5(8)4-7;5-3(6)1-2-4(7)8;;/h13H,2-12H2,1H3;2,5-9H,1,3-4H2;1-2H2,(H,5,6)(H,7,8);;. The van der Waals surface area contributed by atoms with E-state index in [1.807, 2.05) is 0 Å². The average molecular weight is 477 g/mol. The Hall–Kier alpha value is -0.520. The van der Waals surface area contributed by atoms with Crippen molar-refractivity contribution >= 4 is 41.5 Å². The molecule has 0 aromatic carbocycles. The zero-order valence-corrected chi connectivity index (χ0v) is 19.0. The minimum absolute atomic E-state index is 0. The van der Waals surface area contributed by atoms with Crippen molar-refractivity contribution in [2.75, 3.05) is 19.8 Å². The molecule has 0 amide bonds. The van der Waals surface area contributed by atoms with Gasteiger partial charge >= 0.3 is 41.5 Å². The van der Waals surface area contributed by atoms with E-state index in [4.69, 9.17) is 30.6 Å². The van der Waals surface area contributed by atoms with Crippen LogP contribution in [0.25, 0.3) is 0 Å². The van der Waals surface area contributed by atoms with Crippen LogP contribution in [0.4, 0.5) is 0 Å². The number of carboxylic acids is 2. The molecule has 0 bridgehead atoms. The number of carbonyl (C=O) groups is 2. The second-order valence-corrected chi connectivity index (χ2v) is 6.96. The van der Waals surface area contributed by atoms with E-state index in [1.165, 1.54) is 63.9 Å². The molecule has 0 rings (SSSR count). The molecule has 0 fully saturated rings. The molecule has 32 heavy (non-hydrogen) atoms. The molecule has 0 aliphatic rings. The molecule has 2 unspecified atom stereocenters. The molecular weight excluding hydrogens is 431 g/mol. The third-order valence-corrected chi connectivity index (χ3v) is 3.97. The third kappa shape index (κ3) is 39.9. The van der Waals surface area contributed by atoms with Crippen LogP contribution in [0.5, 0.6) is 0 Å². The summed E-state index contributed by atoms with van der Waals surface area (Å²) >= 11 is 0. The van der Waals surface area contributed by atoms with Gasteiger partial charge in [0.15, 0.2) is 6.29 Å². The molecule has 0 heterocycles. The molecule has 188 valence electrons. The summed E-state index contributed by atoms with van der Waals surface area (Å²) in [6, 6.07) is 0. The van der Waals surface area contributed by atoms with E-state index < -0.39 is 30.9 Å². The first kappa shape index (κ1) is 38.7. The Morgan fingerprint density at radius 1 is 0.844 bits per heavy atom. The quantitative estimate of drug-likeness (QED) is 0.0751. The number of rotatable bonds is 18. The number of carboxylic acid groups (broad SMARTS) is 2. The Kier molecular flexibility index (Phi) is 39.5. The summed E-state index contributed by atoms with van der Waals surface area (Å²) in [5.41, 5.74) is 0. The van der Waals surface area contributed by atoms with Crippen LogP contribution in [0.1, 0.15) is 84.0 Å². The van der Waals surface area contributed by atoms with Gasteiger partial charge in [-0.2, -0.15) is 0 Å². The van der Waals surface area contributed by atoms with Crippen LogP contribution in [-0.2, 0) is 14.3 Å². The van der Waals surface area contributed by atoms with Crippen molar-refractivity contribution < 1.29 is 45.0 Å². The maximum absolute atomic E-state index is 9.64. The van der Waals surface area contributed by atoms with Gasteiger partial charge in [-0.15, -0.1) is 6.58 Å². The summed E-state index contributed by atoms with van der Waals surface area (Å²) in [6.07, 6.45) is 11.6. The van der Waals surface area contributed by atoms with E-state index in [0.29, 0.717) is 6.61 Å². The number of aliphatic hydroxyl groups excluding tert-OH is 4. The molecule has 0 spiro atoms. The Morgan fingerprint density at radius 3 is 1.56 bits per heavy atom. The number of aliphatic hydroxyl groups is 4. The number of hydrogen-bond acceptors (Lipinski definition) is 7. The van der Waals surface area contributed by atoms with Gasteiger partial charge in [-0.05, 0) is 6.42 Å². The molecule has 0 radical (unpaired) electrons. The first-order valence-electron chi connectivity index (χ1n) is 11.0. The van der Waals surface area contributed by atoms with Gasteiger partial charge in [0.05, 0.1) is 26.1 Å². The minimum atomic E-state index is -1.33. The number of hydrogen-bond donors (Lipinski definition) is 6. The summed E-state index contributed by atoms with van der Waals surface area (Å²) in [6.45, 7) is 5.60. The van der Waals surface area contributed by atoms with Gasteiger partial charge in [-0.1, -0.05) is 70.8 Å². The molecule has 0 aliphatic carbocycles. The molecule has 0 saturated carbocycles. The van der Waals surface area contributed by atoms with E-state index in [1.54, 1.807) is 0 Å². The Bertz CT molecular complexity index is 385. The summed E-state index contributed by atoms with van der Waals surface area (Å²) in [5.74, 6) is -2.15. The Balaban J connectivity index is -0.000000187. The fourth-order valence-corrected chi connectivity index (χ4v) is 2.18. The van der Waals surface area contributed by atoms with E-state index in [9.17, 15) is 9.59 Å². The first-order valence-corrected chi connectivity index (χ1v) is 11.0. The van der Waals surface area contributed by atoms with Gasteiger partial charge in [0, 0.05) is 6.61 Å². The van der Waals surface area contributed by atoms with Gasteiger partial charge in [0.25, 0.3) is 0 Å². The summed E-state index contributed by atoms with van der Waals surface area (Å²) in [5, 5.41) is 50.1. The fraction of sp³-hybridized carbons (Fsp3) is 0.818. The van der Waals surface area contributed by atoms with Crippen molar-refractivity contribution in [2.24, 2.45) is 0 Å². The van der Waals surface area contributed by atoms with Crippen LogP contribution >= 0.6 is 0 Å². The van der Waals surface area contributed by atoms with Crippen molar-refractivity contribution in [2.45, 2.75) is 96.4 Å². The average Bonchev–Trinajstić information content (AvgIpc) is 2.75. The van der Waals surface area contributed by atoms with Crippen LogP contribution in [0.2, 0.25) is 0 Å². The molecule has 2 atom stereocenters. The van der Waals surface area contributed by atoms with Gasteiger partial charge in [0.2, 0.25) is 0 Å². The predicted molar refractivity (Wildman–Crippen MR) is 126 cm³/mol. The van der Waals surface area contributed by atoms with Crippen molar-refractivity contribution in [3.05, 3.63) is 12.7 Å². The molecule has 6 N–H and O–H groups in total. The van der Waals surface area contributed by atoms with E-state index in [0.717, 1.165) is 6.42 Å². The van der Waals surface area contributed by atoms with Crippen LogP contribution < -0.4 is 0 Å². The molecule has 0 aromatic heterocycles. The normalized spacial score (nSPS) is 11.5. The maximum atomic E-state index is 9.64. The Labute approximate surface area is 214 Å². The molecule has 0 aliphatic heterocycles. The molecular formula is C22H45NaO9. The van der Waals surface area contributed by atoms with E-state index in [-0.39, 0.29) is 49.0 Å². The van der Waals surface area contributed by atoms with Crippen molar-refractivity contribution in [1.82, 2.24) is 0 Å². The van der Waals surface area contributed by atoms with Crippen LogP contribution in [0, 0.1) is 0 Å². The van der Waals surface area contributed by atoms with Gasteiger partial charge in [-0.3, -0.25) is 9.59 Å². The molecule has 0 saturated heterocycles. The number of aliphatic carboxylic acids is 2. The summed E-state index contributed by atoms with van der Waals surface area (Å²) in [4.78, 5) is 19.3. The van der Waals surface area contributed by atoms with Crippen LogP contribution in [0.3, 0.4) is 0 Å². The zero-order valence-electron chi connectivity index (χ0n) is 19.0. The molecule has 9 nitrogen and oxygen atoms in total. The van der Waals surface area contributed by atoms with Crippen molar-refractivity contribution in [3.8, 4) is 0 Å². The number of ether oxygens (including phenoxy) is 1. The second kappa shape index (κ2) is 32.7. The van der Waals surface area contributed by atoms with Gasteiger partial charge in [0.1, 0.15) is 6.10 Å². The molecule has 0 aromatic rings. The zero-order chi connectivity index (χ0) is 24.3. The summed E-state index contributed by atoms with van der Waals surface area (Å²) < 4.78 is 4.57. The van der Waals surface area contributed by atoms with E-state index >= 15 is 0 Å². The third-order valence-electron chi connectivity index (χ3n) is 3.97. The van der Waals surface area contributed by atoms with Gasteiger partial charge < -0.3 is 35.4 Å². The Morgan fingerprint density at radius 2 is 1.25 bits per heavy atom. The predicted octanol–water partition coefficient (Wildman–Crippen LogP) is 2.05. The summed E-state index contributed by atoms with van der Waals surface area (Å²) in [7, 11) is 0. The van der Waals surface area contributed by atoms with E-state index in [2.05, 4.69) is 18.2 Å².